The summed E-state index contributed by atoms with van der Waals surface area (Å²) in [6, 6.07) is 15.9. The fraction of sp³-hybridized carbons (Fsp3) is 0.207. The summed E-state index contributed by atoms with van der Waals surface area (Å²) in [5.41, 5.74) is 4.91. The van der Waals surface area contributed by atoms with Gasteiger partial charge in [-0.25, -0.2) is 13.8 Å². The van der Waals surface area contributed by atoms with Crippen molar-refractivity contribution < 1.29 is 13.5 Å². The van der Waals surface area contributed by atoms with Crippen LogP contribution >= 0.6 is 0 Å². The summed E-state index contributed by atoms with van der Waals surface area (Å²) in [7, 11) is 0. The number of nitrogens with one attached hydrogen (secondary N) is 2. The molecule has 38 heavy (non-hydrogen) atoms. The Balaban J connectivity index is 1.19. The van der Waals surface area contributed by atoms with E-state index in [4.69, 9.17) is 9.72 Å². The van der Waals surface area contributed by atoms with Crippen LogP contribution in [0.25, 0.3) is 33.5 Å². The first kappa shape index (κ1) is 22.8. The van der Waals surface area contributed by atoms with Gasteiger partial charge in [0.2, 0.25) is 0 Å². The molecule has 4 heterocycles. The van der Waals surface area contributed by atoms with Gasteiger partial charge in [0.25, 0.3) is 0 Å². The molecule has 2 aromatic heterocycles. The Morgan fingerprint density at radius 3 is 2.71 bits per heavy atom. The topological polar surface area (TPSA) is 82.7 Å². The van der Waals surface area contributed by atoms with Gasteiger partial charge < -0.3 is 4.74 Å². The van der Waals surface area contributed by atoms with Crippen LogP contribution in [0.3, 0.4) is 0 Å². The number of halogens is 2. The zero-order chi connectivity index (χ0) is 25.6. The van der Waals surface area contributed by atoms with Crippen molar-refractivity contribution >= 4 is 10.9 Å². The Hall–Kier alpha value is -4.37. The van der Waals surface area contributed by atoms with E-state index in [-0.39, 0.29) is 18.2 Å². The van der Waals surface area contributed by atoms with Crippen molar-refractivity contribution in [3.63, 3.8) is 0 Å². The summed E-state index contributed by atoms with van der Waals surface area (Å²) in [6.07, 6.45) is 5.63. The average Bonchev–Trinajstić information content (AvgIpc) is 3.70. The molecule has 0 amide bonds. The van der Waals surface area contributed by atoms with Crippen LogP contribution in [0.1, 0.15) is 29.4 Å². The van der Waals surface area contributed by atoms with Crippen molar-refractivity contribution in [1.82, 2.24) is 30.3 Å². The smallest absolute Gasteiger partial charge is 0.181 e. The van der Waals surface area contributed by atoms with Gasteiger partial charge in [0, 0.05) is 41.6 Å². The van der Waals surface area contributed by atoms with Crippen molar-refractivity contribution in [2.75, 3.05) is 13.2 Å². The lowest BCUT2D eigenvalue weighted by Gasteiger charge is -2.31. The third-order valence-electron chi connectivity index (χ3n) is 7.33. The van der Waals surface area contributed by atoms with Crippen LogP contribution in [0.4, 0.5) is 8.78 Å². The third-order valence-corrected chi connectivity index (χ3v) is 7.33. The molecule has 1 atom stereocenters. The second-order valence-corrected chi connectivity index (χ2v) is 9.65. The Labute approximate surface area is 217 Å². The molecule has 0 fully saturated rings. The van der Waals surface area contributed by atoms with Crippen LogP contribution in [0, 0.1) is 11.6 Å². The highest BCUT2D eigenvalue weighted by Crippen LogP contribution is 2.35. The maximum absolute atomic E-state index is 14.3. The number of nitrogens with zero attached hydrogens (tertiary/aromatic N) is 4. The molecular formula is C29H24F2N6O. The van der Waals surface area contributed by atoms with Gasteiger partial charge in [-0.3, -0.25) is 15.1 Å². The minimum atomic E-state index is -0.545. The Morgan fingerprint density at radius 2 is 1.82 bits per heavy atom. The minimum absolute atomic E-state index is 0.0589. The summed E-state index contributed by atoms with van der Waals surface area (Å²) >= 11 is 0. The van der Waals surface area contributed by atoms with Crippen molar-refractivity contribution in [2.45, 2.75) is 25.4 Å². The van der Waals surface area contributed by atoms with Crippen LogP contribution in [-0.4, -0.2) is 43.4 Å². The Kier molecular flexibility index (Phi) is 5.51. The first-order chi connectivity index (χ1) is 18.6. The predicted octanol–water partition coefficient (Wildman–Crippen LogP) is 5.73. The Morgan fingerprint density at radius 1 is 0.947 bits per heavy atom. The quantitative estimate of drug-likeness (QED) is 0.295. The molecule has 2 aliphatic rings. The van der Waals surface area contributed by atoms with Gasteiger partial charge in [-0.05, 0) is 60.5 Å². The molecule has 0 unspecified atom stereocenters. The van der Waals surface area contributed by atoms with E-state index >= 15 is 0 Å². The van der Waals surface area contributed by atoms with Crippen LogP contribution in [-0.2, 0) is 13.0 Å². The molecule has 7 rings (SSSR count). The third kappa shape index (κ3) is 3.95. The van der Waals surface area contributed by atoms with E-state index in [2.05, 4.69) is 32.5 Å². The first-order valence-electron chi connectivity index (χ1n) is 12.6. The highest BCUT2D eigenvalue weighted by atomic mass is 19.1. The molecule has 0 saturated carbocycles. The molecule has 3 aromatic carbocycles. The lowest BCUT2D eigenvalue weighted by molar-refractivity contribution is 0.188. The molecule has 190 valence electrons. The molecular weight excluding hydrogens is 486 g/mol. The lowest BCUT2D eigenvalue weighted by Crippen LogP contribution is -2.32. The Bertz CT molecular complexity index is 1670. The van der Waals surface area contributed by atoms with Gasteiger partial charge in [0.1, 0.15) is 23.2 Å². The molecule has 5 aromatic rings. The molecule has 7 nitrogen and oxygen atoms in total. The van der Waals surface area contributed by atoms with E-state index in [1.165, 1.54) is 23.8 Å². The van der Waals surface area contributed by atoms with Gasteiger partial charge in [0.05, 0.1) is 23.9 Å². The summed E-state index contributed by atoms with van der Waals surface area (Å²) in [4.78, 5) is 6.81. The van der Waals surface area contributed by atoms with Gasteiger partial charge in [0.15, 0.2) is 5.82 Å². The normalized spacial score (nSPS) is 17.2. The number of aromatic amines is 2. The van der Waals surface area contributed by atoms with Crippen LogP contribution in [0.2, 0.25) is 0 Å². The average molecular weight is 511 g/mol. The van der Waals surface area contributed by atoms with Crippen molar-refractivity contribution in [3.8, 4) is 28.4 Å². The minimum Gasteiger partial charge on any atom is -0.493 e. The molecule has 0 spiro atoms. The van der Waals surface area contributed by atoms with Gasteiger partial charge >= 0.3 is 0 Å². The van der Waals surface area contributed by atoms with Crippen LogP contribution in [0.5, 0.6) is 5.75 Å². The maximum atomic E-state index is 14.3. The van der Waals surface area contributed by atoms with Crippen molar-refractivity contribution in [3.05, 3.63) is 95.3 Å². The van der Waals surface area contributed by atoms with Crippen molar-refractivity contribution in [2.24, 2.45) is 0 Å². The zero-order valence-electron chi connectivity index (χ0n) is 20.4. The fourth-order valence-electron chi connectivity index (χ4n) is 5.32. The fourth-order valence-corrected chi connectivity index (χ4v) is 5.32. The summed E-state index contributed by atoms with van der Waals surface area (Å²) in [5.74, 6) is 1.07. The molecule has 0 bridgehead atoms. The SMILES string of the molecule is Fc1cccc(F)c1CN1CC=CC[C@@H]1c1nc(-c2ccc3[nH]nc(-c4ccc5c(c4)CCO5)c3c2)n[nH]1. The number of ether oxygens (including phenoxy) is 1. The van der Waals surface area contributed by atoms with E-state index in [1.807, 2.05) is 41.3 Å². The molecule has 0 aliphatic carbocycles. The number of H-pyrrole nitrogens is 2. The van der Waals surface area contributed by atoms with E-state index in [0.717, 1.165) is 39.9 Å². The number of fused-ring (bicyclic) bond motifs is 2. The lowest BCUT2D eigenvalue weighted by atomic mass is 10.0. The highest BCUT2D eigenvalue weighted by Gasteiger charge is 2.27. The number of benzene rings is 3. The van der Waals surface area contributed by atoms with E-state index in [0.29, 0.717) is 31.2 Å². The van der Waals surface area contributed by atoms with E-state index in [9.17, 15) is 8.78 Å². The molecule has 2 N–H and O–H groups in total. The standard InChI is InChI=1S/C29H24F2N6O/c30-22-4-3-5-23(31)21(22)16-37-12-2-1-6-25(37)29-32-28(35-36-29)19-7-9-24-20(15-19)27(34-33-24)18-8-10-26-17(14-18)11-13-38-26/h1-5,7-10,14-15,25H,6,11-13,16H2,(H,33,34)(H,32,35,36)/t25-/m1/s1. The maximum Gasteiger partial charge on any atom is 0.181 e. The van der Waals surface area contributed by atoms with Gasteiger partial charge in [-0.2, -0.15) is 10.2 Å². The second-order valence-electron chi connectivity index (χ2n) is 9.65. The summed E-state index contributed by atoms with van der Waals surface area (Å²) in [6.45, 7) is 1.41. The highest BCUT2D eigenvalue weighted by molar-refractivity contribution is 5.95. The molecule has 0 saturated heterocycles. The first-order valence-corrected chi connectivity index (χ1v) is 12.6. The van der Waals surface area contributed by atoms with Gasteiger partial charge in [-0.1, -0.05) is 18.2 Å². The summed E-state index contributed by atoms with van der Waals surface area (Å²) in [5, 5.41) is 16.2. The van der Waals surface area contributed by atoms with Crippen molar-refractivity contribution in [1.29, 1.82) is 0 Å². The number of hydrogen-bond donors (Lipinski definition) is 2. The largest absolute Gasteiger partial charge is 0.493 e. The summed E-state index contributed by atoms with van der Waals surface area (Å²) < 4.78 is 34.3. The number of rotatable bonds is 5. The zero-order valence-corrected chi connectivity index (χ0v) is 20.4. The second kappa shape index (κ2) is 9.18. The number of aromatic nitrogens is 5. The monoisotopic (exact) mass is 510 g/mol. The van der Waals surface area contributed by atoms with Gasteiger partial charge in [-0.15, -0.1) is 0 Å². The van der Waals surface area contributed by atoms with Crippen LogP contribution in [0.15, 0.2) is 66.7 Å². The van der Waals surface area contributed by atoms with E-state index in [1.54, 1.807) is 0 Å². The molecule has 2 aliphatic heterocycles. The number of hydrogen-bond acceptors (Lipinski definition) is 5. The predicted molar refractivity (Wildman–Crippen MR) is 139 cm³/mol. The molecule has 0 radical (unpaired) electrons. The van der Waals surface area contributed by atoms with E-state index < -0.39 is 11.6 Å². The molecule has 9 heteroatoms. The van der Waals surface area contributed by atoms with Crippen LogP contribution < -0.4 is 4.74 Å².